The molecule has 6 heteroatoms. The quantitative estimate of drug-likeness (QED) is 0.801. The van der Waals surface area contributed by atoms with Crippen molar-refractivity contribution in [3.8, 4) is 11.1 Å². The Kier molecular flexibility index (Phi) is 7.23. The average Bonchev–Trinajstić information content (AvgIpc) is 2.73. The molecule has 2 aromatic carbocycles. The number of hydrogen-bond acceptors (Lipinski definition) is 4. The Morgan fingerprint density at radius 1 is 1.10 bits per heavy atom. The minimum absolute atomic E-state index is 0.226. The van der Waals surface area contributed by atoms with Crippen molar-refractivity contribution < 1.29 is 13.9 Å². The van der Waals surface area contributed by atoms with Crippen LogP contribution in [0.2, 0.25) is 0 Å². The molecule has 3 rings (SSSR count). The molecule has 1 heterocycles. The number of rotatable bonds is 6. The van der Waals surface area contributed by atoms with Gasteiger partial charge in [0.2, 0.25) is 0 Å². The molecule has 0 atom stereocenters. The summed E-state index contributed by atoms with van der Waals surface area (Å²) in [5.74, 6) is 0.0933. The van der Waals surface area contributed by atoms with E-state index in [0.717, 1.165) is 36.3 Å². The molecule has 1 saturated heterocycles. The summed E-state index contributed by atoms with van der Waals surface area (Å²) in [7, 11) is 0. The molecule has 29 heavy (non-hydrogen) atoms. The Balaban J connectivity index is 1.60. The van der Waals surface area contributed by atoms with Crippen molar-refractivity contribution in [2.75, 3.05) is 32.8 Å². The van der Waals surface area contributed by atoms with Gasteiger partial charge in [0.1, 0.15) is 5.82 Å². The highest BCUT2D eigenvalue weighted by Gasteiger charge is 2.22. The van der Waals surface area contributed by atoms with E-state index < -0.39 is 0 Å². The second-order valence-electron chi connectivity index (χ2n) is 7.95. The van der Waals surface area contributed by atoms with Crippen molar-refractivity contribution in [1.82, 2.24) is 9.80 Å². The van der Waals surface area contributed by atoms with Crippen molar-refractivity contribution in [1.29, 1.82) is 0 Å². The lowest BCUT2D eigenvalue weighted by Gasteiger charge is -2.34. The van der Waals surface area contributed by atoms with Gasteiger partial charge in [0.15, 0.2) is 0 Å². The third-order valence-corrected chi connectivity index (χ3v) is 5.08. The molecule has 156 valence electrons. The van der Waals surface area contributed by atoms with Crippen LogP contribution in [0, 0.1) is 11.7 Å². The summed E-state index contributed by atoms with van der Waals surface area (Å²) in [4.78, 5) is 16.2. The largest absolute Gasteiger partial charge is 0.449 e. The van der Waals surface area contributed by atoms with Crippen molar-refractivity contribution in [2.24, 2.45) is 11.7 Å². The first-order chi connectivity index (χ1) is 14.0. The maximum absolute atomic E-state index is 14.3. The minimum Gasteiger partial charge on any atom is -0.449 e. The SMILES string of the molecule is CC(C)COC(=O)N1CCN(Cc2cccc(-c3cc(CN)ccc3F)c2)CC1. The van der Waals surface area contributed by atoms with E-state index in [0.29, 0.717) is 37.7 Å². The highest BCUT2D eigenvalue weighted by molar-refractivity contribution is 5.68. The summed E-state index contributed by atoms with van der Waals surface area (Å²) in [6.45, 7) is 8.55. The molecule has 5 nitrogen and oxygen atoms in total. The summed E-state index contributed by atoms with van der Waals surface area (Å²) < 4.78 is 19.6. The van der Waals surface area contributed by atoms with Crippen molar-refractivity contribution in [3.05, 3.63) is 59.4 Å². The minimum atomic E-state index is -0.243. The molecular formula is C23H30FN3O2. The van der Waals surface area contributed by atoms with Crippen LogP contribution in [0.5, 0.6) is 0 Å². The molecule has 1 aliphatic rings. The topological polar surface area (TPSA) is 58.8 Å². The summed E-state index contributed by atoms with van der Waals surface area (Å²) in [6.07, 6.45) is -0.226. The third-order valence-electron chi connectivity index (χ3n) is 5.08. The normalized spacial score (nSPS) is 15.0. The number of hydrogen-bond donors (Lipinski definition) is 1. The number of carbonyl (C=O) groups is 1. The molecule has 2 N–H and O–H groups in total. The predicted molar refractivity (Wildman–Crippen MR) is 113 cm³/mol. The molecule has 1 aliphatic heterocycles. The number of nitrogens with two attached hydrogens (primary N) is 1. The van der Waals surface area contributed by atoms with E-state index in [1.807, 2.05) is 38.1 Å². The Bertz CT molecular complexity index is 833. The maximum Gasteiger partial charge on any atom is 0.409 e. The molecule has 0 bridgehead atoms. The number of nitrogens with zero attached hydrogens (tertiary/aromatic N) is 2. The molecule has 2 aromatic rings. The molecule has 1 fully saturated rings. The van der Waals surface area contributed by atoms with Crippen LogP contribution in [0.3, 0.4) is 0 Å². The first-order valence-electron chi connectivity index (χ1n) is 10.2. The number of halogens is 1. The van der Waals surface area contributed by atoms with Crippen molar-refractivity contribution in [3.63, 3.8) is 0 Å². The zero-order valence-electron chi connectivity index (χ0n) is 17.2. The lowest BCUT2D eigenvalue weighted by molar-refractivity contribution is 0.0676. The predicted octanol–water partition coefficient (Wildman–Crippen LogP) is 3.86. The maximum atomic E-state index is 14.3. The van der Waals surface area contributed by atoms with Gasteiger partial charge < -0.3 is 15.4 Å². The van der Waals surface area contributed by atoms with E-state index in [-0.39, 0.29) is 11.9 Å². The van der Waals surface area contributed by atoms with Gasteiger partial charge in [0.25, 0.3) is 0 Å². The third kappa shape index (κ3) is 5.78. The first kappa shape index (κ1) is 21.3. The Morgan fingerprint density at radius 2 is 1.86 bits per heavy atom. The molecule has 0 unspecified atom stereocenters. The summed E-state index contributed by atoms with van der Waals surface area (Å²) in [5.41, 5.74) is 9.16. The number of piperazine rings is 1. The zero-order chi connectivity index (χ0) is 20.8. The number of ether oxygens (including phenoxy) is 1. The van der Waals surface area contributed by atoms with Crippen LogP contribution in [0.15, 0.2) is 42.5 Å². The van der Waals surface area contributed by atoms with Gasteiger partial charge in [-0.1, -0.05) is 38.1 Å². The summed E-state index contributed by atoms with van der Waals surface area (Å²) >= 11 is 0. The fourth-order valence-corrected chi connectivity index (χ4v) is 3.43. The summed E-state index contributed by atoms with van der Waals surface area (Å²) in [5, 5.41) is 0. The first-order valence-corrected chi connectivity index (χ1v) is 10.2. The average molecular weight is 400 g/mol. The smallest absolute Gasteiger partial charge is 0.409 e. The van der Waals surface area contributed by atoms with Gasteiger partial charge >= 0.3 is 6.09 Å². The fourth-order valence-electron chi connectivity index (χ4n) is 3.43. The van der Waals surface area contributed by atoms with E-state index in [4.69, 9.17) is 10.5 Å². The van der Waals surface area contributed by atoms with Gasteiger partial charge in [0, 0.05) is 44.8 Å². The highest BCUT2D eigenvalue weighted by Crippen LogP contribution is 2.25. The fraction of sp³-hybridized carbons (Fsp3) is 0.435. The van der Waals surface area contributed by atoms with E-state index in [1.165, 1.54) is 6.07 Å². The lowest BCUT2D eigenvalue weighted by atomic mass is 10.00. The van der Waals surface area contributed by atoms with Gasteiger partial charge in [-0.25, -0.2) is 9.18 Å². The lowest BCUT2D eigenvalue weighted by Crippen LogP contribution is -2.48. The van der Waals surface area contributed by atoms with Gasteiger partial charge in [-0.05, 0) is 40.8 Å². The monoisotopic (exact) mass is 399 g/mol. The van der Waals surface area contributed by atoms with E-state index in [1.54, 1.807) is 11.0 Å². The van der Waals surface area contributed by atoms with E-state index in [9.17, 15) is 9.18 Å². The van der Waals surface area contributed by atoms with Crippen LogP contribution >= 0.6 is 0 Å². The Labute approximate surface area is 172 Å². The van der Waals surface area contributed by atoms with Crippen LogP contribution in [0.25, 0.3) is 11.1 Å². The molecule has 0 radical (unpaired) electrons. The van der Waals surface area contributed by atoms with Crippen LogP contribution in [0.1, 0.15) is 25.0 Å². The van der Waals surface area contributed by atoms with Gasteiger partial charge in [-0.2, -0.15) is 0 Å². The van der Waals surface area contributed by atoms with Crippen molar-refractivity contribution >= 4 is 6.09 Å². The number of benzene rings is 2. The Hall–Kier alpha value is -2.44. The van der Waals surface area contributed by atoms with E-state index in [2.05, 4.69) is 11.0 Å². The molecular weight excluding hydrogens is 369 g/mol. The van der Waals surface area contributed by atoms with Crippen LogP contribution in [0.4, 0.5) is 9.18 Å². The second-order valence-corrected chi connectivity index (χ2v) is 7.95. The van der Waals surface area contributed by atoms with E-state index >= 15 is 0 Å². The highest BCUT2D eigenvalue weighted by atomic mass is 19.1. The van der Waals surface area contributed by atoms with Crippen molar-refractivity contribution in [2.45, 2.75) is 26.9 Å². The number of carbonyl (C=O) groups excluding carboxylic acids is 1. The second kappa shape index (κ2) is 9.85. The molecule has 0 aliphatic carbocycles. The van der Waals surface area contributed by atoms with Crippen LogP contribution in [-0.4, -0.2) is 48.7 Å². The van der Waals surface area contributed by atoms with Gasteiger partial charge in [0.05, 0.1) is 6.61 Å². The van der Waals surface area contributed by atoms with Crippen LogP contribution in [-0.2, 0) is 17.8 Å². The zero-order valence-corrected chi connectivity index (χ0v) is 17.2. The molecule has 0 saturated carbocycles. The van der Waals surface area contributed by atoms with Crippen LogP contribution < -0.4 is 5.73 Å². The molecule has 0 aromatic heterocycles. The molecule has 1 amide bonds. The number of amides is 1. The Morgan fingerprint density at radius 3 is 2.55 bits per heavy atom. The van der Waals surface area contributed by atoms with Gasteiger partial charge in [-0.3, -0.25) is 4.90 Å². The molecule has 0 spiro atoms. The van der Waals surface area contributed by atoms with Gasteiger partial charge in [-0.15, -0.1) is 0 Å². The summed E-state index contributed by atoms with van der Waals surface area (Å²) in [6, 6.07) is 13.0. The standard InChI is InChI=1S/C23H30FN3O2/c1-17(2)16-29-23(28)27-10-8-26(9-11-27)15-19-4-3-5-20(12-19)21-13-18(14-25)6-7-22(21)24/h3-7,12-13,17H,8-11,14-16,25H2,1-2H3.